The molecule has 1 aromatic heterocycles. The topological polar surface area (TPSA) is 84.3 Å². The van der Waals surface area contributed by atoms with Crippen molar-refractivity contribution in [1.82, 2.24) is 14.9 Å². The largest absolute Gasteiger partial charge is 0.352 e. The molecule has 3 rings (SSSR count). The van der Waals surface area contributed by atoms with E-state index in [1.54, 1.807) is 30.7 Å². The van der Waals surface area contributed by atoms with Crippen LogP contribution in [0.4, 0.5) is 5.69 Å². The minimum Gasteiger partial charge on any atom is -0.352 e. The maximum absolute atomic E-state index is 12.3. The molecule has 0 bridgehead atoms. The first kappa shape index (κ1) is 17.5. The fourth-order valence-corrected chi connectivity index (χ4v) is 4.03. The van der Waals surface area contributed by atoms with Crippen molar-refractivity contribution in [3.05, 3.63) is 48.0 Å². The first-order chi connectivity index (χ1) is 11.9. The lowest BCUT2D eigenvalue weighted by molar-refractivity contribution is 0.0952. The number of carbonyl (C=O) groups is 1. The van der Waals surface area contributed by atoms with E-state index in [9.17, 15) is 13.2 Å². The Labute approximate surface area is 147 Å². The fourth-order valence-electron chi connectivity index (χ4n) is 3.03. The molecule has 1 aromatic carbocycles. The summed E-state index contributed by atoms with van der Waals surface area (Å²) in [6.07, 6.45) is 8.93. The van der Waals surface area contributed by atoms with Crippen molar-refractivity contribution in [3.63, 3.8) is 0 Å². The molecular weight excluding hydrogens is 340 g/mol. The molecule has 1 aliphatic rings. The summed E-state index contributed by atoms with van der Waals surface area (Å²) in [5.41, 5.74) is 2.16. The molecule has 0 fully saturated rings. The third-order valence-electron chi connectivity index (χ3n) is 4.26. The predicted octanol–water partition coefficient (Wildman–Crippen LogP) is 1.42. The Morgan fingerprint density at radius 2 is 2.20 bits per heavy atom. The van der Waals surface area contributed by atoms with Gasteiger partial charge in [0.1, 0.15) is 0 Å². The Bertz CT molecular complexity index is 847. The van der Waals surface area contributed by atoms with E-state index in [0.29, 0.717) is 24.3 Å². The monoisotopic (exact) mass is 362 g/mol. The Kier molecular flexibility index (Phi) is 5.08. The van der Waals surface area contributed by atoms with Crippen LogP contribution in [-0.4, -0.2) is 43.2 Å². The zero-order valence-corrected chi connectivity index (χ0v) is 15.0. The third kappa shape index (κ3) is 4.19. The average Bonchev–Trinajstić information content (AvgIpc) is 3.10. The number of aryl methyl sites for hydroxylation is 2. The number of amides is 1. The van der Waals surface area contributed by atoms with Crippen LogP contribution in [-0.2, 0) is 23.0 Å². The van der Waals surface area contributed by atoms with Gasteiger partial charge in [-0.25, -0.2) is 13.4 Å². The molecule has 0 radical (unpaired) electrons. The number of hydrogen-bond acceptors (Lipinski definition) is 4. The number of imidazole rings is 1. The molecule has 2 aromatic rings. The molecule has 1 N–H and O–H groups in total. The van der Waals surface area contributed by atoms with Gasteiger partial charge in [0.05, 0.1) is 18.3 Å². The van der Waals surface area contributed by atoms with Gasteiger partial charge in [-0.1, -0.05) is 0 Å². The summed E-state index contributed by atoms with van der Waals surface area (Å²) in [4.78, 5) is 16.3. The molecule has 8 heteroatoms. The van der Waals surface area contributed by atoms with Crippen LogP contribution in [0.1, 0.15) is 28.8 Å². The van der Waals surface area contributed by atoms with Crippen LogP contribution in [0.2, 0.25) is 0 Å². The van der Waals surface area contributed by atoms with Crippen LogP contribution < -0.4 is 9.62 Å². The van der Waals surface area contributed by atoms with E-state index in [4.69, 9.17) is 0 Å². The van der Waals surface area contributed by atoms with Crippen molar-refractivity contribution < 1.29 is 13.2 Å². The predicted molar refractivity (Wildman–Crippen MR) is 96.1 cm³/mol. The molecule has 25 heavy (non-hydrogen) atoms. The normalized spacial score (nSPS) is 14.2. The van der Waals surface area contributed by atoms with Gasteiger partial charge in [-0.3, -0.25) is 9.10 Å². The van der Waals surface area contributed by atoms with Crippen molar-refractivity contribution >= 4 is 21.6 Å². The number of aromatic nitrogens is 2. The SMILES string of the molecule is CS(=O)(=O)N1CCCc2cc(C(=O)NCCCn3ccnc3)ccc21. The number of fused-ring (bicyclic) bond motifs is 1. The lowest BCUT2D eigenvalue weighted by atomic mass is 10.0. The quantitative estimate of drug-likeness (QED) is 0.788. The average molecular weight is 362 g/mol. The minimum absolute atomic E-state index is 0.134. The highest BCUT2D eigenvalue weighted by Crippen LogP contribution is 2.29. The van der Waals surface area contributed by atoms with Crippen LogP contribution in [0.25, 0.3) is 0 Å². The van der Waals surface area contributed by atoms with E-state index < -0.39 is 10.0 Å². The number of hydrogen-bond donors (Lipinski definition) is 1. The van der Waals surface area contributed by atoms with Gasteiger partial charge in [-0.05, 0) is 43.0 Å². The third-order valence-corrected chi connectivity index (χ3v) is 5.44. The van der Waals surface area contributed by atoms with Gasteiger partial charge in [-0.15, -0.1) is 0 Å². The van der Waals surface area contributed by atoms with Gasteiger partial charge in [0, 0.05) is 37.6 Å². The second kappa shape index (κ2) is 7.26. The second-order valence-electron chi connectivity index (χ2n) is 6.19. The standard InChI is InChI=1S/C17H22N4O3S/c1-25(23,24)21-10-2-4-14-12-15(5-6-16(14)21)17(22)19-7-3-9-20-11-8-18-13-20/h5-6,8,11-13H,2-4,7,9-10H2,1H3,(H,19,22). The van der Waals surface area contributed by atoms with Gasteiger partial charge in [-0.2, -0.15) is 0 Å². The molecule has 0 saturated heterocycles. The fraction of sp³-hybridized carbons (Fsp3) is 0.412. The van der Waals surface area contributed by atoms with Crippen LogP contribution in [0.3, 0.4) is 0 Å². The molecule has 2 heterocycles. The van der Waals surface area contributed by atoms with Gasteiger partial charge < -0.3 is 9.88 Å². The van der Waals surface area contributed by atoms with Crippen molar-refractivity contribution in [1.29, 1.82) is 0 Å². The summed E-state index contributed by atoms with van der Waals surface area (Å²) in [7, 11) is -3.29. The summed E-state index contributed by atoms with van der Waals surface area (Å²) in [6, 6.07) is 5.22. The molecule has 0 spiro atoms. The summed E-state index contributed by atoms with van der Waals surface area (Å²) in [6.45, 7) is 1.86. The number of nitrogens with zero attached hydrogens (tertiary/aromatic N) is 3. The lowest BCUT2D eigenvalue weighted by Gasteiger charge is -2.29. The molecule has 0 saturated carbocycles. The number of rotatable bonds is 6. The van der Waals surface area contributed by atoms with Crippen molar-refractivity contribution in [2.24, 2.45) is 0 Å². The molecule has 7 nitrogen and oxygen atoms in total. The van der Waals surface area contributed by atoms with Gasteiger partial charge in [0.25, 0.3) is 5.91 Å². The molecule has 1 amide bonds. The lowest BCUT2D eigenvalue weighted by Crippen LogP contribution is -2.34. The number of nitrogens with one attached hydrogen (secondary N) is 1. The van der Waals surface area contributed by atoms with Gasteiger partial charge in [0.15, 0.2) is 0 Å². The number of anilines is 1. The van der Waals surface area contributed by atoms with Crippen molar-refractivity contribution in [3.8, 4) is 0 Å². The highest BCUT2D eigenvalue weighted by Gasteiger charge is 2.24. The highest BCUT2D eigenvalue weighted by atomic mass is 32.2. The first-order valence-corrected chi connectivity index (χ1v) is 10.1. The molecule has 0 aliphatic carbocycles. The van der Waals surface area contributed by atoms with E-state index in [0.717, 1.165) is 31.4 Å². The van der Waals surface area contributed by atoms with Gasteiger partial charge >= 0.3 is 0 Å². The van der Waals surface area contributed by atoms with E-state index in [1.165, 1.54) is 10.6 Å². The van der Waals surface area contributed by atoms with Crippen molar-refractivity contribution in [2.75, 3.05) is 23.7 Å². The zero-order chi connectivity index (χ0) is 17.9. The smallest absolute Gasteiger partial charge is 0.251 e. The number of sulfonamides is 1. The Hall–Kier alpha value is -2.35. The number of benzene rings is 1. The molecule has 0 atom stereocenters. The summed E-state index contributed by atoms with van der Waals surface area (Å²) < 4.78 is 27.1. The summed E-state index contributed by atoms with van der Waals surface area (Å²) in [5.74, 6) is -0.134. The van der Waals surface area contributed by atoms with Crippen LogP contribution in [0, 0.1) is 0 Å². The van der Waals surface area contributed by atoms with Crippen LogP contribution in [0.15, 0.2) is 36.9 Å². The second-order valence-corrected chi connectivity index (χ2v) is 8.10. The van der Waals surface area contributed by atoms with Crippen LogP contribution >= 0.6 is 0 Å². The molecule has 134 valence electrons. The summed E-state index contributed by atoms with van der Waals surface area (Å²) >= 11 is 0. The molecule has 1 aliphatic heterocycles. The zero-order valence-electron chi connectivity index (χ0n) is 14.2. The van der Waals surface area contributed by atoms with E-state index in [1.807, 2.05) is 10.8 Å². The van der Waals surface area contributed by atoms with E-state index in [-0.39, 0.29) is 5.91 Å². The minimum atomic E-state index is -3.29. The first-order valence-electron chi connectivity index (χ1n) is 8.30. The number of carbonyl (C=O) groups excluding carboxylic acids is 1. The Morgan fingerprint density at radius 3 is 2.92 bits per heavy atom. The Balaban J connectivity index is 1.62. The maximum Gasteiger partial charge on any atom is 0.251 e. The van der Waals surface area contributed by atoms with E-state index >= 15 is 0 Å². The highest BCUT2D eigenvalue weighted by molar-refractivity contribution is 7.92. The summed E-state index contributed by atoms with van der Waals surface area (Å²) in [5, 5.41) is 2.91. The maximum atomic E-state index is 12.3. The van der Waals surface area contributed by atoms with Crippen LogP contribution in [0.5, 0.6) is 0 Å². The van der Waals surface area contributed by atoms with Crippen molar-refractivity contribution in [2.45, 2.75) is 25.8 Å². The van der Waals surface area contributed by atoms with Gasteiger partial charge in [0.2, 0.25) is 10.0 Å². The molecular formula is C17H22N4O3S. The van der Waals surface area contributed by atoms with E-state index in [2.05, 4.69) is 10.3 Å². The Morgan fingerprint density at radius 1 is 1.36 bits per heavy atom. The molecule has 0 unspecified atom stereocenters.